The minimum absolute atomic E-state index is 0.00368. The normalized spacial score (nSPS) is 19.4. The van der Waals surface area contributed by atoms with E-state index in [0.29, 0.717) is 13.1 Å². The van der Waals surface area contributed by atoms with Gasteiger partial charge in [-0.25, -0.2) is 8.42 Å². The lowest BCUT2D eigenvalue weighted by molar-refractivity contribution is -0.385. The Labute approximate surface area is 128 Å². The maximum absolute atomic E-state index is 12.7. The Morgan fingerprint density at radius 1 is 1.38 bits per heavy atom. The number of rotatable bonds is 3. The Hall–Kier alpha value is -1.18. The first-order valence-electron chi connectivity index (χ1n) is 6.58. The third kappa shape index (κ3) is 3.36. The summed E-state index contributed by atoms with van der Waals surface area (Å²) >= 11 is 5.95. The van der Waals surface area contributed by atoms with Gasteiger partial charge in [0, 0.05) is 25.2 Å². The van der Waals surface area contributed by atoms with Crippen molar-refractivity contribution in [2.24, 2.45) is 5.41 Å². The van der Waals surface area contributed by atoms with Crippen LogP contribution in [0.4, 0.5) is 5.69 Å². The van der Waals surface area contributed by atoms with Gasteiger partial charge < -0.3 is 0 Å². The van der Waals surface area contributed by atoms with E-state index in [2.05, 4.69) is 0 Å². The minimum atomic E-state index is -3.82. The first kappa shape index (κ1) is 16.2. The fourth-order valence-corrected chi connectivity index (χ4v) is 4.68. The van der Waals surface area contributed by atoms with Crippen molar-refractivity contribution in [1.82, 2.24) is 4.31 Å². The SMILES string of the molecule is CC1(C)CCCN(S(=O)(=O)c2cc([N+](=O)[O-])ccc2Cl)C1. The van der Waals surface area contributed by atoms with Crippen LogP contribution in [0.3, 0.4) is 0 Å². The molecule has 1 aliphatic rings. The van der Waals surface area contributed by atoms with Crippen LogP contribution in [0.15, 0.2) is 23.1 Å². The molecule has 1 aliphatic heterocycles. The number of halogens is 1. The third-order valence-electron chi connectivity index (χ3n) is 3.61. The molecule has 0 amide bonds. The molecule has 2 rings (SSSR count). The zero-order chi connectivity index (χ0) is 15.8. The topological polar surface area (TPSA) is 80.5 Å². The summed E-state index contributed by atoms with van der Waals surface area (Å²) in [6.45, 7) is 4.80. The molecule has 0 N–H and O–H groups in total. The first-order valence-corrected chi connectivity index (χ1v) is 8.39. The van der Waals surface area contributed by atoms with Gasteiger partial charge in [-0.15, -0.1) is 0 Å². The monoisotopic (exact) mass is 332 g/mol. The average molecular weight is 333 g/mol. The summed E-state index contributed by atoms with van der Waals surface area (Å²) in [5.41, 5.74) is -0.396. The molecule has 116 valence electrons. The number of non-ortho nitro benzene ring substituents is 1. The predicted octanol–water partition coefficient (Wildman–Crippen LogP) is 3.06. The van der Waals surface area contributed by atoms with Crippen molar-refractivity contribution >= 4 is 27.3 Å². The molecule has 1 aromatic carbocycles. The van der Waals surface area contributed by atoms with Crippen molar-refractivity contribution in [3.63, 3.8) is 0 Å². The van der Waals surface area contributed by atoms with Crippen molar-refractivity contribution in [1.29, 1.82) is 0 Å². The number of benzene rings is 1. The van der Waals surface area contributed by atoms with Gasteiger partial charge >= 0.3 is 0 Å². The second-order valence-corrected chi connectivity index (χ2v) is 8.29. The van der Waals surface area contributed by atoms with Gasteiger partial charge in [0.2, 0.25) is 10.0 Å². The molecule has 0 aromatic heterocycles. The summed E-state index contributed by atoms with van der Waals surface area (Å²) in [7, 11) is -3.82. The number of nitro benzene ring substituents is 1. The van der Waals surface area contributed by atoms with Crippen LogP contribution < -0.4 is 0 Å². The van der Waals surface area contributed by atoms with Crippen molar-refractivity contribution in [2.45, 2.75) is 31.6 Å². The molecule has 0 unspecified atom stereocenters. The Bertz CT molecular complexity index is 673. The zero-order valence-electron chi connectivity index (χ0n) is 11.9. The fraction of sp³-hybridized carbons (Fsp3) is 0.538. The molecule has 0 bridgehead atoms. The van der Waals surface area contributed by atoms with Gasteiger partial charge in [0.25, 0.3) is 5.69 Å². The van der Waals surface area contributed by atoms with Crippen LogP contribution in [-0.4, -0.2) is 30.7 Å². The van der Waals surface area contributed by atoms with Gasteiger partial charge in [0.15, 0.2) is 0 Å². The van der Waals surface area contributed by atoms with E-state index in [1.165, 1.54) is 16.4 Å². The van der Waals surface area contributed by atoms with E-state index >= 15 is 0 Å². The maximum Gasteiger partial charge on any atom is 0.270 e. The predicted molar refractivity (Wildman–Crippen MR) is 79.9 cm³/mol. The molecule has 0 radical (unpaired) electrons. The van der Waals surface area contributed by atoms with E-state index in [1.54, 1.807) is 0 Å². The smallest absolute Gasteiger partial charge is 0.258 e. The van der Waals surface area contributed by atoms with Crippen LogP contribution in [0.5, 0.6) is 0 Å². The highest BCUT2D eigenvalue weighted by Gasteiger charge is 2.35. The molecule has 8 heteroatoms. The molecular formula is C13H17ClN2O4S. The summed E-state index contributed by atoms with van der Waals surface area (Å²) in [6.07, 6.45) is 1.71. The van der Waals surface area contributed by atoms with Crippen molar-refractivity contribution in [3.8, 4) is 0 Å². The molecule has 0 spiro atoms. The Balaban J connectivity index is 2.44. The second kappa shape index (κ2) is 5.55. The first-order chi connectivity index (χ1) is 9.63. The number of piperidine rings is 1. The summed E-state index contributed by atoms with van der Waals surface area (Å²) in [4.78, 5) is 10.00. The maximum atomic E-state index is 12.7. The van der Waals surface area contributed by atoms with Crippen LogP contribution in [0.1, 0.15) is 26.7 Å². The number of sulfonamides is 1. The van der Waals surface area contributed by atoms with E-state index in [9.17, 15) is 18.5 Å². The summed E-state index contributed by atoms with van der Waals surface area (Å²) in [5, 5.41) is 10.8. The van der Waals surface area contributed by atoms with Gasteiger partial charge in [0.05, 0.1) is 9.95 Å². The molecule has 0 aliphatic carbocycles. The van der Waals surface area contributed by atoms with Crippen LogP contribution in [0.2, 0.25) is 5.02 Å². The lowest BCUT2D eigenvalue weighted by Gasteiger charge is -2.37. The highest BCUT2D eigenvalue weighted by Crippen LogP contribution is 2.34. The third-order valence-corrected chi connectivity index (χ3v) is 5.94. The molecule has 1 aromatic rings. The second-order valence-electron chi connectivity index (χ2n) is 5.98. The quantitative estimate of drug-likeness (QED) is 0.629. The lowest BCUT2D eigenvalue weighted by Crippen LogP contribution is -2.43. The van der Waals surface area contributed by atoms with Gasteiger partial charge in [-0.05, 0) is 24.3 Å². The molecule has 6 nitrogen and oxygen atoms in total. The Morgan fingerprint density at radius 3 is 2.62 bits per heavy atom. The zero-order valence-corrected chi connectivity index (χ0v) is 13.4. The van der Waals surface area contributed by atoms with E-state index in [-0.39, 0.29) is 21.0 Å². The highest BCUT2D eigenvalue weighted by atomic mass is 35.5. The van der Waals surface area contributed by atoms with Gasteiger partial charge in [0.1, 0.15) is 4.90 Å². The minimum Gasteiger partial charge on any atom is -0.258 e. The fourth-order valence-electron chi connectivity index (χ4n) is 2.52. The van der Waals surface area contributed by atoms with E-state index in [0.717, 1.165) is 18.9 Å². The summed E-state index contributed by atoms with van der Waals surface area (Å²) < 4.78 is 26.7. The number of hydrogen-bond donors (Lipinski definition) is 0. The van der Waals surface area contributed by atoms with E-state index in [1.807, 2.05) is 13.8 Å². The van der Waals surface area contributed by atoms with E-state index in [4.69, 9.17) is 11.6 Å². The van der Waals surface area contributed by atoms with Gasteiger partial charge in [-0.2, -0.15) is 4.31 Å². The molecule has 1 fully saturated rings. The van der Waals surface area contributed by atoms with Gasteiger partial charge in [-0.1, -0.05) is 25.4 Å². The molecule has 1 heterocycles. The number of nitro groups is 1. The highest BCUT2D eigenvalue weighted by molar-refractivity contribution is 7.89. The average Bonchev–Trinajstić information content (AvgIpc) is 2.37. The van der Waals surface area contributed by atoms with E-state index < -0.39 is 14.9 Å². The van der Waals surface area contributed by atoms with Gasteiger partial charge in [-0.3, -0.25) is 10.1 Å². The Morgan fingerprint density at radius 2 is 2.05 bits per heavy atom. The van der Waals surface area contributed by atoms with Crippen LogP contribution in [0, 0.1) is 15.5 Å². The largest absolute Gasteiger partial charge is 0.270 e. The molecule has 1 saturated heterocycles. The molecule has 0 atom stereocenters. The van der Waals surface area contributed by atoms with Crippen molar-refractivity contribution < 1.29 is 13.3 Å². The molecule has 0 saturated carbocycles. The lowest BCUT2D eigenvalue weighted by atomic mass is 9.85. The Kier molecular flexibility index (Phi) is 4.28. The number of hydrogen-bond acceptors (Lipinski definition) is 4. The van der Waals surface area contributed by atoms with Crippen LogP contribution in [-0.2, 0) is 10.0 Å². The van der Waals surface area contributed by atoms with Crippen molar-refractivity contribution in [2.75, 3.05) is 13.1 Å². The summed E-state index contributed by atoms with van der Waals surface area (Å²) in [6, 6.07) is 3.47. The molecular weight excluding hydrogens is 316 g/mol. The molecule has 21 heavy (non-hydrogen) atoms. The number of nitrogens with zero attached hydrogens (tertiary/aromatic N) is 2. The standard InChI is InChI=1S/C13H17ClN2O4S/c1-13(2)6-3-7-15(9-13)21(19,20)12-8-10(16(17)18)4-5-11(12)14/h4-5,8H,3,6-7,9H2,1-2H3. The summed E-state index contributed by atoms with van der Waals surface area (Å²) in [5.74, 6) is 0. The van der Waals surface area contributed by atoms with Crippen molar-refractivity contribution in [3.05, 3.63) is 33.3 Å². The van der Waals surface area contributed by atoms with Crippen LogP contribution >= 0.6 is 11.6 Å². The van der Waals surface area contributed by atoms with Crippen LogP contribution in [0.25, 0.3) is 0 Å².